The topological polar surface area (TPSA) is 29.4 Å². The fourth-order valence-electron chi connectivity index (χ4n) is 1.65. The van der Waals surface area contributed by atoms with Gasteiger partial charge >= 0.3 is 0 Å². The van der Waals surface area contributed by atoms with Crippen molar-refractivity contribution in [3.63, 3.8) is 0 Å². The fourth-order valence-corrected chi connectivity index (χ4v) is 1.65. The van der Waals surface area contributed by atoms with Gasteiger partial charge in [-0.05, 0) is 18.8 Å². The molecule has 1 aliphatic rings. The Morgan fingerprint density at radius 2 is 1.79 bits per heavy atom. The summed E-state index contributed by atoms with van der Waals surface area (Å²) in [5, 5.41) is 0. The molecule has 0 aliphatic heterocycles. The first-order valence-corrected chi connectivity index (χ1v) is 5.59. The minimum absolute atomic E-state index is 0.00285. The van der Waals surface area contributed by atoms with E-state index >= 15 is 0 Å². The molecule has 2 nitrogen and oxygen atoms in total. The Bertz CT molecular complexity index is 219. The first kappa shape index (κ1) is 11.4. The van der Waals surface area contributed by atoms with Crippen LogP contribution in [0.2, 0.25) is 0 Å². The van der Waals surface area contributed by atoms with E-state index in [1.165, 1.54) is 32.1 Å². The highest BCUT2D eigenvalue weighted by Crippen LogP contribution is 2.22. The van der Waals surface area contributed by atoms with Gasteiger partial charge in [-0.15, -0.1) is 0 Å². The lowest BCUT2D eigenvalue weighted by Crippen LogP contribution is -2.19. The summed E-state index contributed by atoms with van der Waals surface area (Å²) in [5.41, 5.74) is -0.328. The van der Waals surface area contributed by atoms with Gasteiger partial charge in [0.25, 0.3) is 5.91 Å². The van der Waals surface area contributed by atoms with Gasteiger partial charge in [0.15, 0.2) is 0 Å². The third-order valence-electron chi connectivity index (χ3n) is 2.69. The van der Waals surface area contributed by atoms with E-state index in [0.29, 0.717) is 5.92 Å². The Hall–Kier alpha value is -0.660. The van der Waals surface area contributed by atoms with Crippen molar-refractivity contribution in [3.8, 4) is 0 Å². The molecule has 80 valence electrons. The largest absolute Gasteiger partial charge is 0.272 e. The van der Waals surface area contributed by atoms with E-state index in [1.54, 1.807) is 0 Å². The molecule has 0 aromatic rings. The zero-order valence-corrected chi connectivity index (χ0v) is 9.55. The Morgan fingerprint density at radius 1 is 1.21 bits per heavy atom. The molecule has 0 atom stereocenters. The van der Waals surface area contributed by atoms with Crippen molar-refractivity contribution in [2.75, 3.05) is 0 Å². The summed E-state index contributed by atoms with van der Waals surface area (Å²) < 4.78 is 0. The summed E-state index contributed by atoms with van der Waals surface area (Å²) in [7, 11) is 0. The predicted molar refractivity (Wildman–Crippen MR) is 59.5 cm³/mol. The van der Waals surface area contributed by atoms with Gasteiger partial charge in [-0.25, -0.2) is 4.99 Å². The lowest BCUT2D eigenvalue weighted by atomic mass is 9.90. The summed E-state index contributed by atoms with van der Waals surface area (Å²) in [6.45, 7) is 5.73. The zero-order valence-electron chi connectivity index (χ0n) is 9.55. The van der Waals surface area contributed by atoms with Crippen molar-refractivity contribution >= 4 is 12.1 Å². The normalized spacial score (nSPS) is 20.2. The van der Waals surface area contributed by atoms with E-state index in [0.717, 1.165) is 0 Å². The average molecular weight is 195 g/mol. The summed E-state index contributed by atoms with van der Waals surface area (Å²) in [6, 6.07) is 0. The van der Waals surface area contributed by atoms with Gasteiger partial charge in [-0.1, -0.05) is 40.0 Å². The molecule has 1 fully saturated rings. The van der Waals surface area contributed by atoms with Crippen LogP contribution in [-0.4, -0.2) is 12.1 Å². The second kappa shape index (κ2) is 4.72. The van der Waals surface area contributed by atoms with E-state index in [2.05, 4.69) is 4.99 Å². The van der Waals surface area contributed by atoms with Gasteiger partial charge < -0.3 is 0 Å². The van der Waals surface area contributed by atoms with Gasteiger partial charge in [0.2, 0.25) is 0 Å². The molecule has 0 aromatic carbocycles. The number of carbonyl (C=O) groups is 1. The number of hydrogen-bond acceptors (Lipinski definition) is 1. The van der Waals surface area contributed by atoms with Crippen LogP contribution in [-0.2, 0) is 4.79 Å². The molecule has 0 aromatic heterocycles. The Kier molecular flexibility index (Phi) is 3.85. The molecule has 1 aliphatic carbocycles. The van der Waals surface area contributed by atoms with Crippen LogP contribution in [0.1, 0.15) is 52.9 Å². The molecule has 0 spiro atoms. The molecule has 1 saturated carbocycles. The van der Waals surface area contributed by atoms with Crippen LogP contribution in [0.15, 0.2) is 4.99 Å². The quantitative estimate of drug-likeness (QED) is 0.591. The van der Waals surface area contributed by atoms with E-state index in [-0.39, 0.29) is 11.3 Å². The maximum atomic E-state index is 11.5. The molecule has 0 heterocycles. The van der Waals surface area contributed by atoms with Gasteiger partial charge in [0.1, 0.15) is 0 Å². The Morgan fingerprint density at radius 3 is 2.29 bits per heavy atom. The van der Waals surface area contributed by atoms with Gasteiger partial charge in [0, 0.05) is 11.6 Å². The van der Waals surface area contributed by atoms with Gasteiger partial charge in [-0.3, -0.25) is 4.79 Å². The molecule has 14 heavy (non-hydrogen) atoms. The zero-order chi connectivity index (χ0) is 10.6. The minimum atomic E-state index is -0.328. The number of nitrogens with zero attached hydrogens (tertiary/aromatic N) is 1. The first-order valence-electron chi connectivity index (χ1n) is 5.59. The molecular formula is C12H21NO. The number of carbonyl (C=O) groups excluding carboxylic acids is 1. The van der Waals surface area contributed by atoms with Gasteiger partial charge in [-0.2, -0.15) is 0 Å². The fraction of sp³-hybridized carbons (Fsp3) is 0.833. The van der Waals surface area contributed by atoms with Gasteiger partial charge in [0.05, 0.1) is 0 Å². The van der Waals surface area contributed by atoms with E-state index in [9.17, 15) is 4.79 Å². The maximum Gasteiger partial charge on any atom is 0.250 e. The average Bonchev–Trinajstić information content (AvgIpc) is 2.14. The second-order valence-corrected chi connectivity index (χ2v) is 5.23. The monoisotopic (exact) mass is 195 g/mol. The van der Waals surface area contributed by atoms with E-state index in [1.807, 2.05) is 27.0 Å². The second-order valence-electron chi connectivity index (χ2n) is 5.23. The highest BCUT2D eigenvalue weighted by Gasteiger charge is 2.20. The lowest BCUT2D eigenvalue weighted by Gasteiger charge is -2.18. The third kappa shape index (κ3) is 3.60. The molecule has 0 bridgehead atoms. The lowest BCUT2D eigenvalue weighted by molar-refractivity contribution is -0.124. The van der Waals surface area contributed by atoms with E-state index in [4.69, 9.17) is 0 Å². The standard InChI is InChI=1S/C12H21NO/c1-12(2,3)11(14)13-9-10-7-5-4-6-8-10/h9-10H,4-8H2,1-3H3/b13-9+. The summed E-state index contributed by atoms with van der Waals surface area (Å²) in [4.78, 5) is 15.6. The first-order chi connectivity index (χ1) is 6.50. The highest BCUT2D eigenvalue weighted by atomic mass is 16.1. The number of rotatable bonds is 1. The number of amides is 1. The molecule has 2 heteroatoms. The molecule has 0 N–H and O–H groups in total. The highest BCUT2D eigenvalue weighted by molar-refractivity contribution is 5.89. The van der Waals surface area contributed by atoms with Crippen LogP contribution in [0.25, 0.3) is 0 Å². The van der Waals surface area contributed by atoms with E-state index < -0.39 is 0 Å². The number of aliphatic imine (C=N–C) groups is 1. The Balaban J connectivity index is 2.42. The van der Waals surface area contributed by atoms with Crippen LogP contribution in [0, 0.1) is 11.3 Å². The molecular weight excluding hydrogens is 174 g/mol. The van der Waals surface area contributed by atoms with Crippen molar-refractivity contribution in [3.05, 3.63) is 0 Å². The predicted octanol–water partition coefficient (Wildman–Crippen LogP) is 3.21. The Labute approximate surface area is 86.8 Å². The van der Waals surface area contributed by atoms with Crippen molar-refractivity contribution < 1.29 is 4.79 Å². The molecule has 1 amide bonds. The van der Waals surface area contributed by atoms with Crippen LogP contribution >= 0.6 is 0 Å². The van der Waals surface area contributed by atoms with Crippen LogP contribution in [0.5, 0.6) is 0 Å². The minimum Gasteiger partial charge on any atom is -0.272 e. The molecule has 0 saturated heterocycles. The van der Waals surface area contributed by atoms with Crippen LogP contribution < -0.4 is 0 Å². The summed E-state index contributed by atoms with van der Waals surface area (Å²) >= 11 is 0. The smallest absolute Gasteiger partial charge is 0.250 e. The van der Waals surface area contributed by atoms with Crippen LogP contribution in [0.3, 0.4) is 0 Å². The van der Waals surface area contributed by atoms with Crippen molar-refractivity contribution in [2.45, 2.75) is 52.9 Å². The summed E-state index contributed by atoms with van der Waals surface area (Å²) in [5.74, 6) is 0.554. The van der Waals surface area contributed by atoms with Crippen molar-refractivity contribution in [1.82, 2.24) is 0 Å². The molecule has 0 unspecified atom stereocenters. The van der Waals surface area contributed by atoms with Crippen molar-refractivity contribution in [1.29, 1.82) is 0 Å². The third-order valence-corrected chi connectivity index (χ3v) is 2.69. The maximum absolute atomic E-state index is 11.5. The SMILES string of the molecule is CC(C)(C)C(=O)/N=C/C1CCCCC1. The number of hydrogen-bond donors (Lipinski definition) is 0. The molecule has 0 radical (unpaired) electrons. The van der Waals surface area contributed by atoms with Crippen LogP contribution in [0.4, 0.5) is 0 Å². The molecule has 1 rings (SSSR count). The van der Waals surface area contributed by atoms with Crippen molar-refractivity contribution in [2.24, 2.45) is 16.3 Å². The summed E-state index contributed by atoms with van der Waals surface area (Å²) in [6.07, 6.45) is 8.23.